The molecule has 0 amide bonds. The lowest BCUT2D eigenvalue weighted by atomic mass is 9.92. The molecule has 1 unspecified atom stereocenters. The van der Waals surface area contributed by atoms with E-state index in [1.54, 1.807) is 7.11 Å². The zero-order chi connectivity index (χ0) is 11.9. The van der Waals surface area contributed by atoms with Crippen molar-refractivity contribution in [2.24, 2.45) is 5.73 Å². The summed E-state index contributed by atoms with van der Waals surface area (Å²) in [4.78, 5) is 0. The Bertz CT molecular complexity index is 177. The van der Waals surface area contributed by atoms with E-state index in [0.717, 1.165) is 25.9 Å². The van der Waals surface area contributed by atoms with Crippen molar-refractivity contribution < 1.29 is 9.47 Å². The molecule has 3 heteroatoms. The third kappa shape index (κ3) is 5.28. The Balaban J connectivity index is 2.23. The van der Waals surface area contributed by atoms with E-state index in [-0.39, 0.29) is 11.6 Å². The fourth-order valence-corrected chi connectivity index (χ4v) is 2.25. The summed E-state index contributed by atoms with van der Waals surface area (Å²) in [6, 6.07) is 0. The monoisotopic (exact) mass is 229 g/mol. The number of hydrogen-bond donors (Lipinski definition) is 1. The van der Waals surface area contributed by atoms with Crippen molar-refractivity contribution in [1.82, 2.24) is 0 Å². The molecule has 0 heterocycles. The second-order valence-electron chi connectivity index (χ2n) is 5.18. The summed E-state index contributed by atoms with van der Waals surface area (Å²) >= 11 is 0. The van der Waals surface area contributed by atoms with E-state index in [4.69, 9.17) is 15.2 Å². The van der Waals surface area contributed by atoms with Crippen molar-refractivity contribution in [3.63, 3.8) is 0 Å². The number of hydrogen-bond acceptors (Lipinski definition) is 3. The summed E-state index contributed by atoms with van der Waals surface area (Å²) in [5, 5.41) is 0. The highest BCUT2D eigenvalue weighted by Gasteiger charge is 2.26. The molecule has 16 heavy (non-hydrogen) atoms. The summed E-state index contributed by atoms with van der Waals surface area (Å²) in [6.07, 6.45) is 8.61. The molecule has 0 spiro atoms. The Morgan fingerprint density at radius 2 is 1.81 bits per heavy atom. The van der Waals surface area contributed by atoms with Crippen LogP contribution >= 0.6 is 0 Å². The van der Waals surface area contributed by atoms with E-state index in [0.29, 0.717) is 6.61 Å². The van der Waals surface area contributed by atoms with Gasteiger partial charge in [-0.05, 0) is 26.2 Å². The molecule has 1 saturated carbocycles. The third-order valence-electron chi connectivity index (χ3n) is 3.48. The molecular formula is C13H27NO2. The Hall–Kier alpha value is -0.120. The van der Waals surface area contributed by atoms with Crippen molar-refractivity contribution in [3.8, 4) is 0 Å². The molecule has 96 valence electrons. The van der Waals surface area contributed by atoms with Gasteiger partial charge in [0.2, 0.25) is 0 Å². The van der Waals surface area contributed by atoms with Crippen LogP contribution < -0.4 is 5.73 Å². The lowest BCUT2D eigenvalue weighted by Gasteiger charge is -2.29. The SMILES string of the molecule is COCCC(C)OCC1(N)CCCCCC1. The lowest BCUT2D eigenvalue weighted by molar-refractivity contribution is 0.00879. The molecule has 0 aromatic heterocycles. The standard InChI is InChI=1S/C13H27NO2/c1-12(7-10-15-2)16-11-13(14)8-5-3-4-6-9-13/h12H,3-11,14H2,1-2H3. The highest BCUT2D eigenvalue weighted by molar-refractivity contribution is 4.86. The maximum atomic E-state index is 6.38. The van der Waals surface area contributed by atoms with Gasteiger partial charge in [0.25, 0.3) is 0 Å². The van der Waals surface area contributed by atoms with Gasteiger partial charge in [-0.25, -0.2) is 0 Å². The first-order valence-corrected chi connectivity index (χ1v) is 6.56. The van der Waals surface area contributed by atoms with Crippen LogP contribution in [-0.4, -0.2) is 32.0 Å². The summed E-state index contributed by atoms with van der Waals surface area (Å²) in [6.45, 7) is 3.57. The number of methoxy groups -OCH3 is 1. The van der Waals surface area contributed by atoms with Gasteiger partial charge in [-0.1, -0.05) is 25.7 Å². The van der Waals surface area contributed by atoms with Crippen LogP contribution in [-0.2, 0) is 9.47 Å². The van der Waals surface area contributed by atoms with Gasteiger partial charge in [0.05, 0.1) is 12.7 Å². The van der Waals surface area contributed by atoms with E-state index in [2.05, 4.69) is 6.92 Å². The normalized spacial score (nSPS) is 22.7. The van der Waals surface area contributed by atoms with Crippen LogP contribution in [0.25, 0.3) is 0 Å². The average molecular weight is 229 g/mol. The largest absolute Gasteiger partial charge is 0.385 e. The van der Waals surface area contributed by atoms with Crippen molar-refractivity contribution in [1.29, 1.82) is 0 Å². The molecule has 0 saturated heterocycles. The molecule has 3 nitrogen and oxygen atoms in total. The van der Waals surface area contributed by atoms with E-state index >= 15 is 0 Å². The van der Waals surface area contributed by atoms with Crippen molar-refractivity contribution in [2.45, 2.75) is 63.5 Å². The molecule has 0 aliphatic heterocycles. The lowest BCUT2D eigenvalue weighted by Crippen LogP contribution is -2.44. The minimum atomic E-state index is -0.0716. The quantitative estimate of drug-likeness (QED) is 0.712. The molecular weight excluding hydrogens is 202 g/mol. The van der Waals surface area contributed by atoms with Crippen LogP contribution in [0.15, 0.2) is 0 Å². The average Bonchev–Trinajstić information content (AvgIpc) is 2.49. The molecule has 1 atom stereocenters. The zero-order valence-corrected chi connectivity index (χ0v) is 10.8. The minimum absolute atomic E-state index is 0.0716. The van der Waals surface area contributed by atoms with Crippen molar-refractivity contribution in [3.05, 3.63) is 0 Å². The fourth-order valence-electron chi connectivity index (χ4n) is 2.25. The number of nitrogens with two attached hydrogens (primary N) is 1. The molecule has 0 aromatic rings. The summed E-state index contributed by atoms with van der Waals surface area (Å²) < 4.78 is 10.9. The predicted molar refractivity (Wildman–Crippen MR) is 66.5 cm³/mol. The molecule has 0 bridgehead atoms. The Labute approximate surface area is 99.7 Å². The van der Waals surface area contributed by atoms with Crippen LogP contribution in [0.5, 0.6) is 0 Å². The third-order valence-corrected chi connectivity index (χ3v) is 3.48. The van der Waals surface area contributed by atoms with E-state index in [9.17, 15) is 0 Å². The van der Waals surface area contributed by atoms with Gasteiger partial charge in [-0.15, -0.1) is 0 Å². The first-order chi connectivity index (χ1) is 7.66. The van der Waals surface area contributed by atoms with Gasteiger partial charge < -0.3 is 15.2 Å². The molecule has 0 radical (unpaired) electrons. The van der Waals surface area contributed by atoms with Crippen molar-refractivity contribution in [2.75, 3.05) is 20.3 Å². The van der Waals surface area contributed by atoms with Gasteiger partial charge >= 0.3 is 0 Å². The van der Waals surface area contributed by atoms with Crippen LogP contribution in [0.4, 0.5) is 0 Å². The molecule has 1 aliphatic carbocycles. The highest BCUT2D eigenvalue weighted by Crippen LogP contribution is 2.25. The second kappa shape index (κ2) is 7.25. The fraction of sp³-hybridized carbons (Fsp3) is 1.00. The Kier molecular flexibility index (Phi) is 6.32. The molecule has 2 N–H and O–H groups in total. The Morgan fingerprint density at radius 3 is 2.38 bits per heavy atom. The second-order valence-corrected chi connectivity index (χ2v) is 5.18. The van der Waals surface area contributed by atoms with Gasteiger partial charge in [0.1, 0.15) is 0 Å². The predicted octanol–water partition coefficient (Wildman–Crippen LogP) is 2.48. The van der Waals surface area contributed by atoms with E-state index in [1.165, 1.54) is 25.7 Å². The van der Waals surface area contributed by atoms with Crippen LogP contribution in [0.2, 0.25) is 0 Å². The summed E-state index contributed by atoms with van der Waals surface area (Å²) in [5.74, 6) is 0. The number of ether oxygens (including phenoxy) is 2. The molecule has 1 aliphatic rings. The van der Waals surface area contributed by atoms with Crippen LogP contribution in [0.1, 0.15) is 51.9 Å². The van der Waals surface area contributed by atoms with E-state index in [1.807, 2.05) is 0 Å². The van der Waals surface area contributed by atoms with Gasteiger partial charge in [-0.3, -0.25) is 0 Å². The van der Waals surface area contributed by atoms with Gasteiger partial charge in [0.15, 0.2) is 0 Å². The van der Waals surface area contributed by atoms with Crippen LogP contribution in [0, 0.1) is 0 Å². The number of rotatable bonds is 6. The first-order valence-electron chi connectivity index (χ1n) is 6.56. The van der Waals surface area contributed by atoms with Crippen molar-refractivity contribution >= 4 is 0 Å². The highest BCUT2D eigenvalue weighted by atomic mass is 16.5. The van der Waals surface area contributed by atoms with E-state index < -0.39 is 0 Å². The summed E-state index contributed by atoms with van der Waals surface area (Å²) in [5.41, 5.74) is 6.31. The Morgan fingerprint density at radius 1 is 1.19 bits per heavy atom. The van der Waals surface area contributed by atoms with Gasteiger partial charge in [-0.2, -0.15) is 0 Å². The molecule has 0 aromatic carbocycles. The molecule has 1 rings (SSSR count). The summed E-state index contributed by atoms with van der Waals surface area (Å²) in [7, 11) is 1.72. The maximum Gasteiger partial charge on any atom is 0.0649 e. The van der Waals surface area contributed by atoms with Gasteiger partial charge in [0, 0.05) is 19.3 Å². The first kappa shape index (κ1) is 13.9. The zero-order valence-electron chi connectivity index (χ0n) is 10.8. The molecule has 1 fully saturated rings. The maximum absolute atomic E-state index is 6.38. The van der Waals surface area contributed by atoms with Crippen LogP contribution in [0.3, 0.4) is 0 Å². The minimum Gasteiger partial charge on any atom is -0.385 e. The topological polar surface area (TPSA) is 44.5 Å². The smallest absolute Gasteiger partial charge is 0.0649 e.